The summed E-state index contributed by atoms with van der Waals surface area (Å²) in [4.78, 5) is 11.4. The number of carboxylic acids is 1. The molecule has 0 radical (unpaired) electrons. The summed E-state index contributed by atoms with van der Waals surface area (Å²) in [5.41, 5.74) is 0.136. The smallest absolute Gasteiger partial charge is 0.475 e. The number of likely N-dealkylation sites (tertiary alicyclic amines) is 1. The number of aliphatic carboxylic acids is 1. The van der Waals surface area contributed by atoms with Crippen LogP contribution in [0.4, 0.5) is 26.3 Å². The van der Waals surface area contributed by atoms with E-state index in [-0.39, 0.29) is 5.41 Å². The SMILES string of the molecule is O=C(O)C(F)(F)F.O=S(=O)(c1ccccc1)N1CCC2(CN(Cc3ccc(C(F)(F)F)cc3)C2)C1. The van der Waals surface area contributed by atoms with E-state index in [1.807, 2.05) is 0 Å². The van der Waals surface area contributed by atoms with Crippen LogP contribution >= 0.6 is 0 Å². The Kier molecular flexibility index (Phi) is 7.53. The Bertz CT molecular complexity index is 1130. The lowest BCUT2D eigenvalue weighted by Gasteiger charge is -2.48. The highest BCUT2D eigenvalue weighted by Gasteiger charge is 2.50. The van der Waals surface area contributed by atoms with Gasteiger partial charge in [-0.1, -0.05) is 30.3 Å². The molecule has 1 N–H and O–H groups in total. The third-order valence-electron chi connectivity index (χ3n) is 5.83. The van der Waals surface area contributed by atoms with E-state index in [9.17, 15) is 34.8 Å². The van der Waals surface area contributed by atoms with Crippen LogP contribution in [0.15, 0.2) is 59.5 Å². The third kappa shape index (κ3) is 6.53. The van der Waals surface area contributed by atoms with Crippen LogP contribution in [0.3, 0.4) is 0 Å². The van der Waals surface area contributed by atoms with Crippen molar-refractivity contribution in [1.82, 2.24) is 9.21 Å². The maximum Gasteiger partial charge on any atom is 0.490 e. The van der Waals surface area contributed by atoms with Crippen LogP contribution in [0.5, 0.6) is 0 Å². The van der Waals surface area contributed by atoms with Gasteiger partial charge in [-0.25, -0.2) is 13.2 Å². The molecular weight excluding hydrogens is 502 g/mol. The average Bonchev–Trinajstić information content (AvgIpc) is 3.20. The van der Waals surface area contributed by atoms with Crippen molar-refractivity contribution in [1.29, 1.82) is 0 Å². The number of rotatable bonds is 4. The minimum absolute atomic E-state index is 0.0479. The summed E-state index contributed by atoms with van der Waals surface area (Å²) in [6.07, 6.45) is -8.60. The first kappa shape index (κ1) is 27.0. The van der Waals surface area contributed by atoms with Crippen molar-refractivity contribution in [2.75, 3.05) is 26.2 Å². The number of carbonyl (C=O) groups is 1. The summed E-state index contributed by atoms with van der Waals surface area (Å²) >= 11 is 0. The van der Waals surface area contributed by atoms with Gasteiger partial charge in [-0.3, -0.25) is 4.90 Å². The van der Waals surface area contributed by atoms with Crippen molar-refractivity contribution >= 4 is 16.0 Å². The molecule has 4 rings (SSSR count). The summed E-state index contributed by atoms with van der Waals surface area (Å²) in [6, 6.07) is 13.7. The van der Waals surface area contributed by atoms with Gasteiger partial charge in [0, 0.05) is 38.1 Å². The standard InChI is InChI=1S/C20H21F3N2O2S.C2HF3O2/c21-20(22,23)17-8-6-16(7-9-17)12-24-13-19(14-24)10-11-25(15-19)28(26,27)18-4-2-1-3-5-18;3-2(4,5)1(6)7/h1-9H,10-15H2;(H,6,7). The number of halogens is 6. The lowest BCUT2D eigenvalue weighted by molar-refractivity contribution is -0.192. The Morgan fingerprint density at radius 2 is 1.46 bits per heavy atom. The molecule has 6 nitrogen and oxygen atoms in total. The van der Waals surface area contributed by atoms with Gasteiger partial charge in [0.15, 0.2) is 0 Å². The molecule has 2 fully saturated rings. The predicted octanol–water partition coefficient (Wildman–Crippen LogP) is 4.24. The monoisotopic (exact) mass is 524 g/mol. The predicted molar refractivity (Wildman–Crippen MR) is 113 cm³/mol. The van der Waals surface area contributed by atoms with Crippen LogP contribution in [-0.2, 0) is 27.5 Å². The molecular formula is C22H22F6N2O4S. The van der Waals surface area contributed by atoms with Crippen molar-refractivity contribution in [2.45, 2.75) is 30.2 Å². The van der Waals surface area contributed by atoms with Gasteiger partial charge in [-0.05, 0) is 36.2 Å². The third-order valence-corrected chi connectivity index (χ3v) is 7.69. The lowest BCUT2D eigenvalue weighted by atomic mass is 9.79. The van der Waals surface area contributed by atoms with Gasteiger partial charge in [0.25, 0.3) is 0 Å². The number of hydrogen-bond acceptors (Lipinski definition) is 4. The Hall–Kier alpha value is -2.64. The Balaban J connectivity index is 0.000000429. The summed E-state index contributed by atoms with van der Waals surface area (Å²) in [6.45, 7) is 3.09. The van der Waals surface area contributed by atoms with Crippen molar-refractivity contribution in [3.63, 3.8) is 0 Å². The summed E-state index contributed by atoms with van der Waals surface area (Å²) in [5.74, 6) is -2.76. The molecule has 0 saturated carbocycles. The van der Waals surface area contributed by atoms with Crippen LogP contribution in [0.1, 0.15) is 17.5 Å². The quantitative estimate of drug-likeness (QED) is 0.606. The molecule has 1 spiro atoms. The lowest BCUT2D eigenvalue weighted by Crippen LogP contribution is -2.57. The van der Waals surface area contributed by atoms with Crippen molar-refractivity contribution in [3.8, 4) is 0 Å². The van der Waals surface area contributed by atoms with Gasteiger partial charge < -0.3 is 5.11 Å². The van der Waals surface area contributed by atoms with Crippen LogP contribution in [-0.4, -0.2) is 61.1 Å². The normalized spacial score (nSPS) is 18.6. The fourth-order valence-electron chi connectivity index (χ4n) is 4.17. The van der Waals surface area contributed by atoms with Crippen molar-refractivity contribution < 1.29 is 44.7 Å². The second kappa shape index (κ2) is 9.78. The van der Waals surface area contributed by atoms with Crippen LogP contribution < -0.4 is 0 Å². The summed E-state index contributed by atoms with van der Waals surface area (Å²) in [5, 5.41) is 7.12. The van der Waals surface area contributed by atoms with E-state index < -0.39 is 33.9 Å². The zero-order valence-corrected chi connectivity index (χ0v) is 19.0. The van der Waals surface area contributed by atoms with Crippen LogP contribution in [0.25, 0.3) is 0 Å². The fraction of sp³-hybridized carbons (Fsp3) is 0.409. The molecule has 0 aliphatic carbocycles. The fourth-order valence-corrected chi connectivity index (χ4v) is 5.75. The molecule has 2 aliphatic heterocycles. The number of nitrogens with zero attached hydrogens (tertiary/aromatic N) is 2. The Labute approximate surface area is 197 Å². The van der Waals surface area contributed by atoms with Gasteiger partial charge in [0.05, 0.1) is 10.5 Å². The van der Waals surface area contributed by atoms with Crippen molar-refractivity contribution in [2.24, 2.45) is 5.41 Å². The molecule has 0 aromatic heterocycles. The molecule has 13 heteroatoms. The van der Waals surface area contributed by atoms with Gasteiger partial charge in [0.1, 0.15) is 0 Å². The van der Waals surface area contributed by atoms with E-state index >= 15 is 0 Å². The van der Waals surface area contributed by atoms with Gasteiger partial charge in [0.2, 0.25) is 10.0 Å². The number of sulfonamides is 1. The number of benzene rings is 2. The molecule has 2 aromatic rings. The Morgan fingerprint density at radius 3 is 1.94 bits per heavy atom. The highest BCUT2D eigenvalue weighted by molar-refractivity contribution is 7.89. The molecule has 192 valence electrons. The first-order chi connectivity index (χ1) is 16.1. The molecule has 2 saturated heterocycles. The van der Waals surface area contributed by atoms with E-state index in [4.69, 9.17) is 9.90 Å². The maximum atomic E-state index is 12.8. The molecule has 2 aliphatic rings. The highest BCUT2D eigenvalue weighted by Crippen LogP contribution is 2.42. The van der Waals surface area contributed by atoms with E-state index in [1.165, 1.54) is 12.1 Å². The van der Waals surface area contributed by atoms with Gasteiger partial charge in [-0.2, -0.15) is 30.6 Å². The molecule has 2 heterocycles. The minimum atomic E-state index is -5.08. The number of carboxylic acid groups (broad SMARTS) is 1. The van der Waals surface area contributed by atoms with Gasteiger partial charge >= 0.3 is 18.3 Å². The molecule has 2 aromatic carbocycles. The maximum absolute atomic E-state index is 12.8. The minimum Gasteiger partial charge on any atom is -0.475 e. The molecule has 0 atom stereocenters. The Morgan fingerprint density at radius 1 is 0.914 bits per heavy atom. The second-order valence-corrected chi connectivity index (χ2v) is 10.5. The van der Waals surface area contributed by atoms with Crippen LogP contribution in [0, 0.1) is 5.41 Å². The zero-order valence-electron chi connectivity index (χ0n) is 18.2. The van der Waals surface area contributed by atoms with Crippen LogP contribution in [0.2, 0.25) is 0 Å². The molecule has 0 amide bonds. The van der Waals surface area contributed by atoms with E-state index in [0.717, 1.165) is 37.2 Å². The van der Waals surface area contributed by atoms with E-state index in [0.29, 0.717) is 24.5 Å². The molecule has 0 bridgehead atoms. The summed E-state index contributed by atoms with van der Waals surface area (Å²) in [7, 11) is -3.47. The van der Waals surface area contributed by atoms with Gasteiger partial charge in [-0.15, -0.1) is 0 Å². The largest absolute Gasteiger partial charge is 0.490 e. The van der Waals surface area contributed by atoms with E-state index in [1.54, 1.807) is 34.6 Å². The topological polar surface area (TPSA) is 77.9 Å². The second-order valence-electron chi connectivity index (χ2n) is 8.54. The molecule has 0 unspecified atom stereocenters. The highest BCUT2D eigenvalue weighted by atomic mass is 32.2. The first-order valence-corrected chi connectivity index (χ1v) is 11.8. The first-order valence-electron chi connectivity index (χ1n) is 10.4. The number of alkyl halides is 6. The summed E-state index contributed by atoms with van der Waals surface area (Å²) < 4.78 is 96.8. The van der Waals surface area contributed by atoms with Crippen molar-refractivity contribution in [3.05, 3.63) is 65.7 Å². The number of hydrogen-bond donors (Lipinski definition) is 1. The molecule has 35 heavy (non-hydrogen) atoms. The average molecular weight is 524 g/mol. The zero-order chi connectivity index (χ0) is 26.1. The van der Waals surface area contributed by atoms with E-state index in [2.05, 4.69) is 4.90 Å².